The maximum Gasteiger partial charge on any atom is 0.399 e. The molecule has 1 aliphatic rings. The maximum atomic E-state index is 15.6. The fraction of sp³-hybridized carbons (Fsp3) is 0.333. The van der Waals surface area contributed by atoms with Crippen LogP contribution in [-0.2, 0) is 4.79 Å². The van der Waals surface area contributed by atoms with E-state index in [0.717, 1.165) is 17.0 Å². The van der Waals surface area contributed by atoms with Gasteiger partial charge in [-0.05, 0) is 47.4 Å². The Bertz CT molecular complexity index is 1550. The summed E-state index contributed by atoms with van der Waals surface area (Å²) < 4.78 is 84.7. The van der Waals surface area contributed by atoms with Crippen LogP contribution in [0.2, 0.25) is 15.1 Å². The minimum atomic E-state index is -4.91. The predicted molar refractivity (Wildman–Crippen MR) is 152 cm³/mol. The third kappa shape index (κ3) is 6.90. The van der Waals surface area contributed by atoms with Gasteiger partial charge in [0.05, 0.1) is 27.0 Å². The summed E-state index contributed by atoms with van der Waals surface area (Å²) in [6.45, 7) is -0.0994. The second kappa shape index (κ2) is 11.7. The van der Waals surface area contributed by atoms with Gasteiger partial charge in [-0.2, -0.15) is 13.2 Å². The number of hydrogen-bond acceptors (Lipinski definition) is 2. The van der Waals surface area contributed by atoms with Crippen LogP contribution in [0.4, 0.5) is 26.3 Å². The number of rotatable bonds is 9. The fourth-order valence-electron chi connectivity index (χ4n) is 5.03. The molecule has 0 spiro atoms. The van der Waals surface area contributed by atoms with Gasteiger partial charge in [0, 0.05) is 31.5 Å². The van der Waals surface area contributed by atoms with Gasteiger partial charge < -0.3 is 4.90 Å². The lowest BCUT2D eigenvalue weighted by Gasteiger charge is -2.25. The van der Waals surface area contributed by atoms with Crippen LogP contribution in [0.15, 0.2) is 54.6 Å². The summed E-state index contributed by atoms with van der Waals surface area (Å²) in [5, 5.41) is -0.150. The molecular weight excluding hydrogens is 627 g/mol. The molecule has 1 aliphatic carbocycles. The van der Waals surface area contributed by atoms with Crippen molar-refractivity contribution in [3.8, 4) is 0 Å². The molecule has 1 unspecified atom stereocenters. The first-order valence-electron chi connectivity index (χ1n) is 12.7. The van der Waals surface area contributed by atoms with E-state index in [1.54, 1.807) is 12.1 Å². The Balaban J connectivity index is 1.69. The largest absolute Gasteiger partial charge is 0.399 e. The SMILES string of the molecule is CN(CC(C)(F)F)C(=O)C1(CC(=O)c2ccc(/C(F)=C/C(c3cc(Cl)c(Cl)c(Cl)c3)C(F)(F)F)c3ccccc23)CC1. The van der Waals surface area contributed by atoms with Crippen molar-refractivity contribution in [1.82, 2.24) is 4.90 Å². The van der Waals surface area contributed by atoms with Gasteiger partial charge in [0.2, 0.25) is 5.91 Å². The predicted octanol–water partition coefficient (Wildman–Crippen LogP) is 9.92. The van der Waals surface area contributed by atoms with Crippen molar-refractivity contribution in [3.05, 3.63) is 86.4 Å². The molecule has 0 radical (unpaired) electrons. The van der Waals surface area contributed by atoms with E-state index in [9.17, 15) is 31.5 Å². The van der Waals surface area contributed by atoms with E-state index < -0.39 is 53.1 Å². The second-order valence-electron chi connectivity index (χ2n) is 10.7. The minimum absolute atomic E-state index is 0.133. The number of amides is 1. The molecule has 0 saturated heterocycles. The Hall–Kier alpha value is -2.75. The van der Waals surface area contributed by atoms with E-state index in [1.807, 2.05) is 0 Å². The molecule has 12 heteroatoms. The van der Waals surface area contributed by atoms with Gasteiger partial charge in [0.15, 0.2) is 5.78 Å². The molecule has 3 aromatic carbocycles. The highest BCUT2D eigenvalue weighted by atomic mass is 35.5. The number of nitrogens with zero attached hydrogens (tertiary/aromatic N) is 1. The van der Waals surface area contributed by atoms with Crippen molar-refractivity contribution in [3.63, 3.8) is 0 Å². The number of allylic oxidation sites excluding steroid dienone is 1. The number of benzene rings is 3. The third-order valence-electron chi connectivity index (χ3n) is 7.18. The Morgan fingerprint density at radius 1 is 0.952 bits per heavy atom. The fourth-order valence-corrected chi connectivity index (χ4v) is 5.65. The molecule has 3 nitrogen and oxygen atoms in total. The van der Waals surface area contributed by atoms with Crippen molar-refractivity contribution >= 4 is 63.1 Å². The number of hydrogen-bond donors (Lipinski definition) is 0. The van der Waals surface area contributed by atoms with Crippen LogP contribution >= 0.6 is 34.8 Å². The number of fused-ring (bicyclic) bond motifs is 1. The molecule has 224 valence electrons. The lowest BCUT2D eigenvalue weighted by atomic mass is 9.89. The van der Waals surface area contributed by atoms with Crippen LogP contribution in [0.5, 0.6) is 0 Å². The van der Waals surface area contributed by atoms with E-state index in [-0.39, 0.29) is 43.4 Å². The molecule has 0 heterocycles. The first kappa shape index (κ1) is 32.2. The molecule has 0 aromatic heterocycles. The average molecular weight is 651 g/mol. The molecular formula is C30H24Cl3F6NO2. The summed E-state index contributed by atoms with van der Waals surface area (Å²) >= 11 is 17.7. The zero-order valence-corrected chi connectivity index (χ0v) is 24.5. The molecule has 4 rings (SSSR count). The molecule has 1 fully saturated rings. The van der Waals surface area contributed by atoms with E-state index in [4.69, 9.17) is 34.8 Å². The summed E-state index contributed by atoms with van der Waals surface area (Å²) in [5.41, 5.74) is -1.58. The van der Waals surface area contributed by atoms with E-state index in [2.05, 4.69) is 0 Å². The molecule has 1 atom stereocenters. The van der Waals surface area contributed by atoms with Gasteiger partial charge in [-0.25, -0.2) is 13.2 Å². The van der Waals surface area contributed by atoms with Crippen LogP contribution in [0.1, 0.15) is 53.6 Å². The van der Waals surface area contributed by atoms with Crippen LogP contribution in [-0.4, -0.2) is 42.3 Å². The Labute approximate surface area is 253 Å². The molecule has 0 aliphatic heterocycles. The Morgan fingerprint density at radius 2 is 1.48 bits per heavy atom. The van der Waals surface area contributed by atoms with Crippen LogP contribution in [0.25, 0.3) is 16.6 Å². The minimum Gasteiger partial charge on any atom is -0.339 e. The van der Waals surface area contributed by atoms with Crippen LogP contribution in [0.3, 0.4) is 0 Å². The summed E-state index contributed by atoms with van der Waals surface area (Å²) in [5.74, 6) is -7.76. The standard InChI is InChI=1S/C30H24Cl3F6NO2/c1-28(35,36)15-40(2)27(42)29(9-10-29)14-25(41)20-8-7-19(17-5-3-4-6-18(17)20)24(34)13-21(30(37,38)39)16-11-22(31)26(33)23(32)12-16/h3-8,11-13,21H,9-10,14-15H2,1-2H3/b24-13-. The van der Waals surface area contributed by atoms with Gasteiger partial charge in [-0.15, -0.1) is 0 Å². The average Bonchev–Trinajstić information content (AvgIpc) is 3.67. The van der Waals surface area contributed by atoms with Crippen LogP contribution in [0, 0.1) is 5.41 Å². The smallest absolute Gasteiger partial charge is 0.339 e. The summed E-state index contributed by atoms with van der Waals surface area (Å²) in [6.07, 6.45) is -4.06. The number of ketones is 1. The number of alkyl halides is 5. The lowest BCUT2D eigenvalue weighted by molar-refractivity contribution is -0.140. The number of halogens is 9. The molecule has 0 N–H and O–H groups in total. The Kier molecular flexibility index (Phi) is 8.99. The quantitative estimate of drug-likeness (QED) is 0.131. The van der Waals surface area contributed by atoms with Gasteiger partial charge in [-0.1, -0.05) is 71.2 Å². The highest BCUT2D eigenvalue weighted by Crippen LogP contribution is 2.51. The summed E-state index contributed by atoms with van der Waals surface area (Å²) in [4.78, 5) is 27.2. The highest BCUT2D eigenvalue weighted by molar-refractivity contribution is 6.48. The van der Waals surface area contributed by atoms with E-state index in [1.165, 1.54) is 31.3 Å². The monoisotopic (exact) mass is 649 g/mol. The molecule has 1 saturated carbocycles. The lowest BCUT2D eigenvalue weighted by Crippen LogP contribution is -2.41. The summed E-state index contributed by atoms with van der Waals surface area (Å²) in [6, 6.07) is 10.5. The maximum absolute atomic E-state index is 15.6. The van der Waals surface area contributed by atoms with Crippen molar-refractivity contribution in [2.45, 2.75) is 44.2 Å². The van der Waals surface area contributed by atoms with Crippen molar-refractivity contribution in [1.29, 1.82) is 0 Å². The molecule has 42 heavy (non-hydrogen) atoms. The zero-order chi connectivity index (χ0) is 31.2. The molecule has 3 aromatic rings. The topological polar surface area (TPSA) is 37.4 Å². The second-order valence-corrected chi connectivity index (χ2v) is 11.8. The summed E-state index contributed by atoms with van der Waals surface area (Å²) in [7, 11) is 1.25. The number of carbonyl (C=O) groups excluding carboxylic acids is 2. The van der Waals surface area contributed by atoms with Gasteiger partial charge in [0.1, 0.15) is 11.7 Å². The first-order valence-corrected chi connectivity index (χ1v) is 13.8. The number of carbonyl (C=O) groups is 2. The van der Waals surface area contributed by atoms with Crippen molar-refractivity contribution in [2.24, 2.45) is 5.41 Å². The Morgan fingerprint density at radius 3 is 1.98 bits per heavy atom. The van der Waals surface area contributed by atoms with Crippen molar-refractivity contribution < 1.29 is 35.9 Å². The van der Waals surface area contributed by atoms with E-state index >= 15 is 4.39 Å². The normalized spacial score (nSPS) is 15.9. The van der Waals surface area contributed by atoms with Gasteiger partial charge in [-0.3, -0.25) is 9.59 Å². The zero-order valence-electron chi connectivity index (χ0n) is 22.3. The first-order chi connectivity index (χ1) is 19.4. The molecule has 0 bridgehead atoms. The third-order valence-corrected chi connectivity index (χ3v) is 8.38. The van der Waals surface area contributed by atoms with E-state index in [0.29, 0.717) is 25.8 Å². The van der Waals surface area contributed by atoms with Gasteiger partial charge in [0.25, 0.3) is 5.92 Å². The molecule has 1 amide bonds. The van der Waals surface area contributed by atoms with Gasteiger partial charge >= 0.3 is 6.18 Å². The highest BCUT2D eigenvalue weighted by Gasteiger charge is 2.53. The number of Topliss-reactive ketones (excluding diaryl/α,β-unsaturated/α-hetero) is 1. The van der Waals surface area contributed by atoms with Crippen molar-refractivity contribution in [2.75, 3.05) is 13.6 Å². The van der Waals surface area contributed by atoms with Crippen LogP contribution < -0.4 is 0 Å².